The van der Waals surface area contributed by atoms with Crippen LogP contribution in [-0.4, -0.2) is 37.5 Å². The van der Waals surface area contributed by atoms with Gasteiger partial charge in [0.15, 0.2) is 0 Å². The summed E-state index contributed by atoms with van der Waals surface area (Å²) >= 11 is 1.54. The molecule has 0 radical (unpaired) electrons. The molecule has 0 fully saturated rings. The molecule has 0 amide bonds. The van der Waals surface area contributed by atoms with Crippen LogP contribution in [0, 0.1) is 6.92 Å². The molecule has 0 aliphatic carbocycles. The SMILES string of the molecule is CCC(CSC)NS(=O)(=O)c1cc(C(=O)O)oc1C. The first-order valence-electron chi connectivity index (χ1n) is 5.66. The van der Waals surface area contributed by atoms with Gasteiger partial charge in [0.25, 0.3) is 0 Å². The number of aromatic carboxylic acids is 1. The van der Waals surface area contributed by atoms with E-state index >= 15 is 0 Å². The summed E-state index contributed by atoms with van der Waals surface area (Å²) in [5, 5.41) is 8.79. The van der Waals surface area contributed by atoms with Gasteiger partial charge in [0, 0.05) is 17.9 Å². The lowest BCUT2D eigenvalue weighted by atomic mass is 10.3. The Bertz CT molecular complexity index is 549. The molecule has 1 aromatic rings. The van der Waals surface area contributed by atoms with E-state index in [2.05, 4.69) is 4.72 Å². The van der Waals surface area contributed by atoms with Gasteiger partial charge in [0.2, 0.25) is 15.8 Å². The fourth-order valence-electron chi connectivity index (χ4n) is 1.56. The van der Waals surface area contributed by atoms with Crippen LogP contribution < -0.4 is 4.72 Å². The smallest absolute Gasteiger partial charge is 0.371 e. The summed E-state index contributed by atoms with van der Waals surface area (Å²) in [7, 11) is -3.76. The maximum atomic E-state index is 12.2. The third-order valence-corrected chi connectivity index (χ3v) is 4.92. The van der Waals surface area contributed by atoms with Crippen molar-refractivity contribution < 1.29 is 22.7 Å². The Morgan fingerprint density at radius 1 is 1.58 bits per heavy atom. The van der Waals surface area contributed by atoms with Gasteiger partial charge in [-0.1, -0.05) is 6.92 Å². The Kier molecular flexibility index (Phi) is 5.45. The number of aryl methyl sites for hydroxylation is 1. The Labute approximate surface area is 116 Å². The van der Waals surface area contributed by atoms with Gasteiger partial charge in [0.1, 0.15) is 10.7 Å². The van der Waals surface area contributed by atoms with Gasteiger partial charge >= 0.3 is 5.97 Å². The third kappa shape index (κ3) is 3.99. The molecule has 1 rings (SSSR count). The van der Waals surface area contributed by atoms with Crippen LogP contribution in [0.3, 0.4) is 0 Å². The zero-order chi connectivity index (χ0) is 14.6. The van der Waals surface area contributed by atoms with Crippen molar-refractivity contribution in [2.24, 2.45) is 0 Å². The Morgan fingerprint density at radius 3 is 2.63 bits per heavy atom. The van der Waals surface area contributed by atoms with Crippen molar-refractivity contribution in [3.63, 3.8) is 0 Å². The molecule has 0 aliphatic heterocycles. The number of carboxylic acids is 1. The van der Waals surface area contributed by atoms with Crippen molar-refractivity contribution >= 4 is 27.8 Å². The molecule has 6 nitrogen and oxygen atoms in total. The number of furan rings is 1. The van der Waals surface area contributed by atoms with Gasteiger partial charge in [-0.25, -0.2) is 17.9 Å². The van der Waals surface area contributed by atoms with E-state index in [4.69, 9.17) is 9.52 Å². The lowest BCUT2D eigenvalue weighted by Gasteiger charge is -2.15. The zero-order valence-electron chi connectivity index (χ0n) is 11.0. The van der Waals surface area contributed by atoms with E-state index in [1.807, 2.05) is 13.2 Å². The van der Waals surface area contributed by atoms with E-state index in [9.17, 15) is 13.2 Å². The number of hydrogen-bond acceptors (Lipinski definition) is 5. The maximum Gasteiger partial charge on any atom is 0.371 e. The van der Waals surface area contributed by atoms with E-state index < -0.39 is 16.0 Å². The van der Waals surface area contributed by atoms with E-state index in [1.165, 1.54) is 18.7 Å². The van der Waals surface area contributed by atoms with Crippen LogP contribution in [0.25, 0.3) is 0 Å². The summed E-state index contributed by atoms with van der Waals surface area (Å²) < 4.78 is 31.8. The van der Waals surface area contributed by atoms with Gasteiger partial charge in [0.05, 0.1) is 0 Å². The molecule has 0 aromatic carbocycles. The summed E-state index contributed by atoms with van der Waals surface area (Å²) in [6.45, 7) is 3.31. The Morgan fingerprint density at radius 2 is 2.21 bits per heavy atom. The van der Waals surface area contributed by atoms with Gasteiger partial charge in [-0.15, -0.1) is 0 Å². The van der Waals surface area contributed by atoms with Crippen LogP contribution >= 0.6 is 11.8 Å². The predicted octanol–water partition coefficient (Wildman–Crippen LogP) is 1.71. The average molecular weight is 307 g/mol. The molecule has 0 spiro atoms. The number of nitrogens with one attached hydrogen (secondary N) is 1. The first-order chi connectivity index (χ1) is 8.81. The summed E-state index contributed by atoms with van der Waals surface area (Å²) in [6.07, 6.45) is 2.55. The molecule has 1 aromatic heterocycles. The molecule has 1 heterocycles. The van der Waals surface area contributed by atoms with Crippen molar-refractivity contribution in [3.05, 3.63) is 17.6 Å². The van der Waals surface area contributed by atoms with E-state index in [1.54, 1.807) is 0 Å². The molecular weight excluding hydrogens is 290 g/mol. The molecule has 0 saturated heterocycles. The van der Waals surface area contributed by atoms with E-state index in [0.29, 0.717) is 12.2 Å². The normalized spacial score (nSPS) is 13.4. The Balaban J connectivity index is 3.03. The number of sulfonamides is 1. The summed E-state index contributed by atoms with van der Waals surface area (Å²) in [4.78, 5) is 10.6. The van der Waals surface area contributed by atoms with E-state index in [-0.39, 0.29) is 22.5 Å². The predicted molar refractivity (Wildman–Crippen MR) is 73.2 cm³/mol. The third-order valence-electron chi connectivity index (χ3n) is 2.55. The highest BCUT2D eigenvalue weighted by atomic mass is 32.2. The molecule has 0 bridgehead atoms. The van der Waals surface area contributed by atoms with Gasteiger partial charge in [-0.3, -0.25) is 0 Å². The number of carbonyl (C=O) groups is 1. The molecule has 1 atom stereocenters. The van der Waals surface area contributed by atoms with E-state index in [0.717, 1.165) is 6.07 Å². The average Bonchev–Trinajstić information content (AvgIpc) is 2.71. The van der Waals surface area contributed by atoms with Crippen molar-refractivity contribution in [2.45, 2.75) is 31.2 Å². The monoisotopic (exact) mass is 307 g/mol. The molecule has 0 aliphatic rings. The maximum absolute atomic E-state index is 12.2. The number of rotatable bonds is 7. The number of carboxylic acid groups (broad SMARTS) is 1. The van der Waals surface area contributed by atoms with Crippen LogP contribution in [0.2, 0.25) is 0 Å². The van der Waals surface area contributed by atoms with Gasteiger partial charge in [-0.05, 0) is 19.6 Å². The Hall–Kier alpha value is -0.990. The fraction of sp³-hybridized carbons (Fsp3) is 0.545. The van der Waals surface area contributed by atoms with Crippen LogP contribution in [-0.2, 0) is 10.0 Å². The molecular formula is C11H17NO5S2. The van der Waals surface area contributed by atoms with Gasteiger partial charge < -0.3 is 9.52 Å². The lowest BCUT2D eigenvalue weighted by Crippen LogP contribution is -2.36. The first kappa shape index (κ1) is 16.1. The van der Waals surface area contributed by atoms with Crippen molar-refractivity contribution in [1.29, 1.82) is 0 Å². The minimum absolute atomic E-state index is 0.0731. The second-order valence-electron chi connectivity index (χ2n) is 4.02. The first-order valence-corrected chi connectivity index (χ1v) is 8.54. The lowest BCUT2D eigenvalue weighted by molar-refractivity contribution is 0.0661. The highest BCUT2D eigenvalue weighted by molar-refractivity contribution is 7.98. The van der Waals surface area contributed by atoms with Crippen LogP contribution in [0.15, 0.2) is 15.4 Å². The van der Waals surface area contributed by atoms with Crippen molar-refractivity contribution in [1.82, 2.24) is 4.72 Å². The standard InChI is InChI=1S/C11H17NO5S2/c1-4-8(6-18-3)12-19(15,16)10-5-9(11(13)14)17-7(10)2/h5,8,12H,4,6H2,1-3H3,(H,13,14). The van der Waals surface area contributed by atoms with Crippen molar-refractivity contribution in [3.8, 4) is 0 Å². The van der Waals surface area contributed by atoms with Crippen LogP contribution in [0.5, 0.6) is 0 Å². The second kappa shape index (κ2) is 6.44. The van der Waals surface area contributed by atoms with Gasteiger partial charge in [-0.2, -0.15) is 11.8 Å². The fourth-order valence-corrected chi connectivity index (χ4v) is 3.88. The molecule has 1 unspecified atom stereocenters. The summed E-state index contributed by atoms with van der Waals surface area (Å²) in [5.74, 6) is -0.946. The number of thioether (sulfide) groups is 1. The topological polar surface area (TPSA) is 96.6 Å². The molecule has 19 heavy (non-hydrogen) atoms. The highest BCUT2D eigenvalue weighted by Gasteiger charge is 2.25. The molecule has 108 valence electrons. The minimum atomic E-state index is -3.76. The molecule has 8 heteroatoms. The summed E-state index contributed by atoms with van der Waals surface area (Å²) in [6, 6.07) is 0.841. The molecule has 0 saturated carbocycles. The summed E-state index contributed by atoms with van der Waals surface area (Å²) in [5.41, 5.74) is 0. The zero-order valence-corrected chi connectivity index (χ0v) is 12.6. The second-order valence-corrected chi connectivity index (χ2v) is 6.61. The van der Waals surface area contributed by atoms with Crippen molar-refractivity contribution in [2.75, 3.05) is 12.0 Å². The minimum Gasteiger partial charge on any atom is -0.475 e. The highest BCUT2D eigenvalue weighted by Crippen LogP contribution is 2.20. The number of hydrogen-bond donors (Lipinski definition) is 2. The van der Waals surface area contributed by atoms with Crippen LogP contribution in [0.1, 0.15) is 29.7 Å². The molecule has 2 N–H and O–H groups in total. The van der Waals surface area contributed by atoms with Crippen LogP contribution in [0.4, 0.5) is 0 Å². The quantitative estimate of drug-likeness (QED) is 0.796. The largest absolute Gasteiger partial charge is 0.475 e.